The summed E-state index contributed by atoms with van der Waals surface area (Å²) in [7, 11) is 0. The Bertz CT molecular complexity index is 631. The Hall–Kier alpha value is -1.91. The van der Waals surface area contributed by atoms with Crippen molar-refractivity contribution in [3.05, 3.63) is 59.9 Å². The Labute approximate surface area is 144 Å². The zero-order chi connectivity index (χ0) is 16.8. The lowest BCUT2D eigenvalue weighted by molar-refractivity contribution is 0.130. The number of likely N-dealkylation sites (tertiary alicyclic amines) is 1. The topological polar surface area (TPSA) is 45.6 Å². The summed E-state index contributed by atoms with van der Waals surface area (Å²) in [5.41, 5.74) is 2.13. The molecule has 1 aliphatic heterocycles. The second kappa shape index (κ2) is 8.27. The number of aromatic nitrogens is 1. The van der Waals surface area contributed by atoms with Gasteiger partial charge in [0, 0.05) is 24.3 Å². The minimum atomic E-state index is -0.244. The number of hydrogen-bond donors (Lipinski definition) is 1. The smallest absolute Gasteiger partial charge is 0.130 e. The lowest BCUT2D eigenvalue weighted by Crippen LogP contribution is -2.31. The quantitative estimate of drug-likeness (QED) is 0.847. The van der Waals surface area contributed by atoms with Gasteiger partial charge in [-0.2, -0.15) is 0 Å². The zero-order valence-corrected chi connectivity index (χ0v) is 14.3. The molecule has 1 saturated heterocycles. The number of rotatable bonds is 7. The van der Waals surface area contributed by atoms with Gasteiger partial charge in [-0.05, 0) is 50.9 Å². The van der Waals surface area contributed by atoms with Crippen LogP contribution in [0.5, 0.6) is 5.75 Å². The summed E-state index contributed by atoms with van der Waals surface area (Å²) in [6.45, 7) is 4.32. The maximum Gasteiger partial charge on any atom is 0.130 e. The molecular weight excluding hydrogens is 300 g/mol. The first-order valence-electron chi connectivity index (χ1n) is 8.75. The van der Waals surface area contributed by atoms with Crippen LogP contribution in [0.2, 0.25) is 0 Å². The zero-order valence-electron chi connectivity index (χ0n) is 14.3. The van der Waals surface area contributed by atoms with Crippen LogP contribution in [0.25, 0.3) is 0 Å². The van der Waals surface area contributed by atoms with Crippen LogP contribution in [-0.4, -0.2) is 33.7 Å². The fourth-order valence-corrected chi connectivity index (χ4v) is 3.39. The number of hydrogen-bond acceptors (Lipinski definition) is 4. The summed E-state index contributed by atoms with van der Waals surface area (Å²) in [5, 5.41) is 9.70. The van der Waals surface area contributed by atoms with Gasteiger partial charge < -0.3 is 9.84 Å². The van der Waals surface area contributed by atoms with Crippen molar-refractivity contribution < 1.29 is 9.84 Å². The first kappa shape index (κ1) is 16.9. The Kier molecular flexibility index (Phi) is 5.83. The van der Waals surface area contributed by atoms with Crippen LogP contribution >= 0.6 is 0 Å². The number of ether oxygens (including phenoxy) is 1. The van der Waals surface area contributed by atoms with Crippen LogP contribution in [0.3, 0.4) is 0 Å². The van der Waals surface area contributed by atoms with Gasteiger partial charge in [-0.15, -0.1) is 0 Å². The fourth-order valence-electron chi connectivity index (χ4n) is 3.39. The van der Waals surface area contributed by atoms with Crippen molar-refractivity contribution in [1.29, 1.82) is 0 Å². The van der Waals surface area contributed by atoms with Crippen LogP contribution in [-0.2, 0) is 13.2 Å². The highest BCUT2D eigenvalue weighted by Gasteiger charge is 2.26. The number of aliphatic hydroxyl groups excluding tert-OH is 1. The van der Waals surface area contributed by atoms with E-state index in [-0.39, 0.29) is 6.10 Å². The molecule has 3 rings (SSSR count). The summed E-state index contributed by atoms with van der Waals surface area (Å²) < 4.78 is 6.01. The van der Waals surface area contributed by atoms with Gasteiger partial charge in [0.25, 0.3) is 0 Å². The normalized spacial score (nSPS) is 19.3. The number of nitrogens with zero attached hydrogens (tertiary/aromatic N) is 2. The van der Waals surface area contributed by atoms with Crippen LogP contribution in [0, 0.1) is 0 Å². The molecular formula is C20H26N2O2. The van der Waals surface area contributed by atoms with E-state index in [1.54, 1.807) is 6.20 Å². The molecule has 1 aliphatic rings. The molecule has 1 N–H and O–H groups in total. The molecule has 0 amide bonds. The lowest BCUT2D eigenvalue weighted by atomic mass is 10.1. The monoisotopic (exact) mass is 326 g/mol. The molecule has 1 aromatic heterocycles. The summed E-state index contributed by atoms with van der Waals surface area (Å²) >= 11 is 0. The van der Waals surface area contributed by atoms with Crippen molar-refractivity contribution >= 4 is 0 Å². The maximum absolute atomic E-state index is 9.70. The largest absolute Gasteiger partial charge is 0.487 e. The molecule has 0 saturated carbocycles. The third-order valence-electron chi connectivity index (χ3n) is 4.56. The van der Waals surface area contributed by atoms with Crippen molar-refractivity contribution in [3.8, 4) is 5.75 Å². The SMILES string of the molecule is CC(O)CC1CCCN1Cc1ccccc1OCc1ccccn1. The lowest BCUT2D eigenvalue weighted by Gasteiger charge is -2.26. The van der Waals surface area contributed by atoms with Gasteiger partial charge in [0.05, 0.1) is 11.8 Å². The average molecular weight is 326 g/mol. The Morgan fingerprint density at radius 2 is 2.08 bits per heavy atom. The first-order valence-corrected chi connectivity index (χ1v) is 8.75. The summed E-state index contributed by atoms with van der Waals surface area (Å²) in [4.78, 5) is 6.78. The van der Waals surface area contributed by atoms with Gasteiger partial charge in [-0.1, -0.05) is 24.3 Å². The Balaban J connectivity index is 1.65. The van der Waals surface area contributed by atoms with E-state index in [1.165, 1.54) is 18.4 Å². The van der Waals surface area contributed by atoms with Crippen molar-refractivity contribution in [2.45, 2.75) is 51.5 Å². The molecule has 0 bridgehead atoms. The molecule has 2 unspecified atom stereocenters. The van der Waals surface area contributed by atoms with Gasteiger partial charge in [-0.3, -0.25) is 9.88 Å². The molecule has 128 valence electrons. The minimum Gasteiger partial charge on any atom is -0.487 e. The highest BCUT2D eigenvalue weighted by Crippen LogP contribution is 2.27. The van der Waals surface area contributed by atoms with E-state index in [1.807, 2.05) is 37.3 Å². The standard InChI is InChI=1S/C20H26N2O2/c1-16(23)13-19-9-6-12-22(19)14-17-7-2-3-10-20(17)24-15-18-8-4-5-11-21-18/h2-5,7-8,10-11,16,19,23H,6,9,12-15H2,1H3. The van der Waals surface area contributed by atoms with Gasteiger partial charge in [0.1, 0.15) is 12.4 Å². The molecule has 4 nitrogen and oxygen atoms in total. The molecule has 0 aliphatic carbocycles. The number of para-hydroxylation sites is 1. The highest BCUT2D eigenvalue weighted by molar-refractivity contribution is 5.33. The van der Waals surface area contributed by atoms with E-state index < -0.39 is 0 Å². The summed E-state index contributed by atoms with van der Waals surface area (Å²) in [5.74, 6) is 0.922. The average Bonchev–Trinajstić information content (AvgIpc) is 3.01. The van der Waals surface area contributed by atoms with E-state index in [9.17, 15) is 5.11 Å². The number of pyridine rings is 1. The number of benzene rings is 1. The third-order valence-corrected chi connectivity index (χ3v) is 4.56. The van der Waals surface area contributed by atoms with E-state index in [0.717, 1.165) is 31.0 Å². The van der Waals surface area contributed by atoms with Crippen molar-refractivity contribution in [2.24, 2.45) is 0 Å². The Morgan fingerprint density at radius 3 is 2.88 bits per heavy atom. The van der Waals surface area contributed by atoms with Crippen molar-refractivity contribution in [2.75, 3.05) is 6.54 Å². The molecule has 1 fully saturated rings. The molecule has 24 heavy (non-hydrogen) atoms. The predicted molar refractivity (Wildman–Crippen MR) is 94.7 cm³/mol. The molecule has 0 spiro atoms. The predicted octanol–water partition coefficient (Wildman–Crippen LogP) is 3.40. The maximum atomic E-state index is 9.70. The van der Waals surface area contributed by atoms with Crippen LogP contribution in [0.1, 0.15) is 37.4 Å². The fraction of sp³-hybridized carbons (Fsp3) is 0.450. The van der Waals surface area contributed by atoms with Crippen LogP contribution in [0.15, 0.2) is 48.7 Å². The van der Waals surface area contributed by atoms with Crippen LogP contribution in [0.4, 0.5) is 0 Å². The molecule has 2 atom stereocenters. The minimum absolute atomic E-state index is 0.244. The number of aliphatic hydroxyl groups is 1. The van der Waals surface area contributed by atoms with Crippen molar-refractivity contribution in [1.82, 2.24) is 9.88 Å². The van der Waals surface area contributed by atoms with Crippen LogP contribution < -0.4 is 4.74 Å². The van der Waals surface area contributed by atoms with E-state index in [4.69, 9.17) is 4.74 Å². The molecule has 2 aromatic rings. The van der Waals surface area contributed by atoms with Gasteiger partial charge in [0.2, 0.25) is 0 Å². The van der Waals surface area contributed by atoms with E-state index in [2.05, 4.69) is 22.0 Å². The molecule has 0 radical (unpaired) electrons. The third kappa shape index (κ3) is 4.56. The Morgan fingerprint density at radius 1 is 1.25 bits per heavy atom. The molecule has 4 heteroatoms. The summed E-state index contributed by atoms with van der Waals surface area (Å²) in [6.07, 6.45) is 4.76. The highest BCUT2D eigenvalue weighted by atomic mass is 16.5. The molecule has 2 heterocycles. The van der Waals surface area contributed by atoms with Gasteiger partial charge in [-0.25, -0.2) is 0 Å². The molecule has 1 aromatic carbocycles. The summed E-state index contributed by atoms with van der Waals surface area (Å²) in [6, 6.07) is 14.5. The van der Waals surface area contributed by atoms with Gasteiger partial charge in [0.15, 0.2) is 0 Å². The first-order chi connectivity index (χ1) is 11.7. The second-order valence-electron chi connectivity index (χ2n) is 6.57. The van der Waals surface area contributed by atoms with Crippen molar-refractivity contribution in [3.63, 3.8) is 0 Å². The second-order valence-corrected chi connectivity index (χ2v) is 6.57. The van der Waals surface area contributed by atoms with E-state index in [0.29, 0.717) is 12.6 Å². The van der Waals surface area contributed by atoms with E-state index >= 15 is 0 Å². The van der Waals surface area contributed by atoms with Gasteiger partial charge >= 0.3 is 0 Å².